The third kappa shape index (κ3) is 2.51. The molecule has 1 aromatic rings. The lowest BCUT2D eigenvalue weighted by Crippen LogP contribution is -2.44. The van der Waals surface area contributed by atoms with E-state index in [1.165, 1.54) is 17.5 Å². The van der Waals surface area contributed by atoms with Crippen LogP contribution in [0.5, 0.6) is 5.75 Å². The first-order valence-corrected chi connectivity index (χ1v) is 9.48. The largest absolute Gasteiger partial charge is 0.505 e. The van der Waals surface area contributed by atoms with Gasteiger partial charge in [-0.2, -0.15) is 0 Å². The SMILES string of the molecule is COC=C[C@H]1CC(=O)[C@@]2(C)CC[C@@H]3c4ccc(OC)cc4CC[C@H]3[C@H]12. The van der Waals surface area contributed by atoms with Gasteiger partial charge in [0.05, 0.1) is 20.5 Å². The second-order valence-electron chi connectivity index (χ2n) is 8.21. The summed E-state index contributed by atoms with van der Waals surface area (Å²) >= 11 is 0. The molecule has 0 saturated heterocycles. The highest BCUT2D eigenvalue weighted by Gasteiger charge is 2.58. The molecule has 2 saturated carbocycles. The van der Waals surface area contributed by atoms with E-state index >= 15 is 0 Å². The lowest BCUT2D eigenvalue weighted by atomic mass is 9.54. The van der Waals surface area contributed by atoms with Crippen LogP contribution >= 0.6 is 0 Å². The van der Waals surface area contributed by atoms with Gasteiger partial charge in [0.15, 0.2) is 0 Å². The number of carbonyl (C=O) groups is 1. The van der Waals surface area contributed by atoms with Crippen LogP contribution in [0.1, 0.15) is 49.7 Å². The maximum Gasteiger partial charge on any atom is 0.139 e. The summed E-state index contributed by atoms with van der Waals surface area (Å²) in [6.07, 6.45) is 9.00. The minimum absolute atomic E-state index is 0.145. The molecule has 134 valence electrons. The first kappa shape index (κ1) is 16.7. The Hall–Kier alpha value is -1.77. The molecule has 2 fully saturated rings. The van der Waals surface area contributed by atoms with Gasteiger partial charge in [0, 0.05) is 11.8 Å². The number of benzene rings is 1. The molecule has 3 aliphatic carbocycles. The molecule has 0 heterocycles. The van der Waals surface area contributed by atoms with Crippen molar-refractivity contribution in [1.29, 1.82) is 0 Å². The van der Waals surface area contributed by atoms with Crippen molar-refractivity contribution in [2.45, 2.75) is 44.9 Å². The van der Waals surface area contributed by atoms with Crippen LogP contribution in [0.3, 0.4) is 0 Å². The average Bonchev–Trinajstić information content (AvgIpc) is 2.89. The van der Waals surface area contributed by atoms with Crippen molar-refractivity contribution in [2.24, 2.45) is 23.2 Å². The number of hydrogen-bond donors (Lipinski definition) is 0. The van der Waals surface area contributed by atoms with Gasteiger partial charge in [-0.15, -0.1) is 0 Å². The number of fused-ring (bicyclic) bond motifs is 5. The van der Waals surface area contributed by atoms with Gasteiger partial charge < -0.3 is 9.47 Å². The number of ether oxygens (including phenoxy) is 2. The number of rotatable bonds is 3. The van der Waals surface area contributed by atoms with E-state index in [0.717, 1.165) is 25.0 Å². The third-order valence-electron chi connectivity index (χ3n) is 7.17. The fourth-order valence-electron chi connectivity index (χ4n) is 5.99. The maximum atomic E-state index is 12.8. The van der Waals surface area contributed by atoms with Crippen LogP contribution in [-0.4, -0.2) is 20.0 Å². The zero-order valence-electron chi connectivity index (χ0n) is 15.5. The van der Waals surface area contributed by atoms with Crippen molar-refractivity contribution >= 4 is 5.78 Å². The van der Waals surface area contributed by atoms with Gasteiger partial charge in [0.1, 0.15) is 11.5 Å². The maximum absolute atomic E-state index is 12.8. The fraction of sp³-hybridized carbons (Fsp3) is 0.591. The van der Waals surface area contributed by atoms with Crippen LogP contribution in [-0.2, 0) is 16.0 Å². The molecule has 5 atom stereocenters. The van der Waals surface area contributed by atoms with Crippen molar-refractivity contribution in [3.63, 3.8) is 0 Å². The van der Waals surface area contributed by atoms with E-state index in [1.807, 2.05) is 0 Å². The Labute approximate surface area is 150 Å². The number of hydrogen-bond acceptors (Lipinski definition) is 3. The van der Waals surface area contributed by atoms with Crippen LogP contribution in [0.4, 0.5) is 0 Å². The summed E-state index contributed by atoms with van der Waals surface area (Å²) in [5.41, 5.74) is 2.79. The van der Waals surface area contributed by atoms with E-state index in [4.69, 9.17) is 9.47 Å². The van der Waals surface area contributed by atoms with Gasteiger partial charge in [-0.25, -0.2) is 0 Å². The number of carbonyl (C=O) groups excluding carboxylic acids is 1. The molecule has 0 amide bonds. The highest BCUT2D eigenvalue weighted by atomic mass is 16.5. The monoisotopic (exact) mass is 340 g/mol. The minimum atomic E-state index is -0.145. The van der Waals surface area contributed by atoms with Gasteiger partial charge in [-0.1, -0.05) is 13.0 Å². The molecule has 0 aromatic heterocycles. The molecule has 0 bridgehead atoms. The molecular formula is C22H28O3. The Morgan fingerprint density at radius 3 is 2.84 bits per heavy atom. The summed E-state index contributed by atoms with van der Waals surface area (Å²) in [5, 5.41) is 0. The first-order valence-electron chi connectivity index (χ1n) is 9.48. The lowest BCUT2D eigenvalue weighted by Gasteiger charge is -2.49. The number of allylic oxidation sites excluding steroid dienone is 1. The van der Waals surface area contributed by atoms with Crippen LogP contribution in [0.25, 0.3) is 0 Å². The zero-order chi connectivity index (χ0) is 17.6. The number of Topliss-reactive ketones (excluding diaryl/α,β-unsaturated/α-hetero) is 1. The molecule has 3 nitrogen and oxygen atoms in total. The molecule has 3 aliphatic rings. The summed E-state index contributed by atoms with van der Waals surface area (Å²) < 4.78 is 10.6. The second-order valence-corrected chi connectivity index (χ2v) is 8.21. The smallest absolute Gasteiger partial charge is 0.139 e. The Morgan fingerprint density at radius 2 is 2.08 bits per heavy atom. The summed E-state index contributed by atoms with van der Waals surface area (Å²) in [4.78, 5) is 12.8. The van der Waals surface area contributed by atoms with Crippen LogP contribution in [0.15, 0.2) is 30.5 Å². The minimum Gasteiger partial charge on any atom is -0.505 e. The number of aryl methyl sites for hydroxylation is 1. The van der Waals surface area contributed by atoms with Gasteiger partial charge in [0.25, 0.3) is 0 Å². The molecule has 0 aliphatic heterocycles. The van der Waals surface area contributed by atoms with E-state index in [2.05, 4.69) is 31.2 Å². The van der Waals surface area contributed by atoms with Crippen LogP contribution in [0, 0.1) is 23.2 Å². The Kier molecular flexibility index (Phi) is 4.13. The lowest BCUT2D eigenvalue weighted by molar-refractivity contribution is -0.129. The molecule has 1 aromatic carbocycles. The van der Waals surface area contributed by atoms with E-state index in [0.29, 0.717) is 35.9 Å². The van der Waals surface area contributed by atoms with E-state index in [9.17, 15) is 4.79 Å². The molecular weight excluding hydrogens is 312 g/mol. The summed E-state index contributed by atoms with van der Waals surface area (Å²) in [5.74, 6) is 3.36. The summed E-state index contributed by atoms with van der Waals surface area (Å²) in [6, 6.07) is 6.57. The molecule has 3 heteroatoms. The quantitative estimate of drug-likeness (QED) is 0.760. The molecule has 0 spiro atoms. The van der Waals surface area contributed by atoms with E-state index < -0.39 is 0 Å². The highest BCUT2D eigenvalue weighted by molar-refractivity contribution is 5.88. The predicted octanol–water partition coefficient (Wildman–Crippen LogP) is 4.51. The number of ketones is 1. The van der Waals surface area contributed by atoms with Crippen molar-refractivity contribution in [2.75, 3.05) is 14.2 Å². The molecule has 25 heavy (non-hydrogen) atoms. The molecule has 0 radical (unpaired) electrons. The Bertz CT molecular complexity index is 707. The summed E-state index contributed by atoms with van der Waals surface area (Å²) in [7, 11) is 3.41. The van der Waals surface area contributed by atoms with E-state index in [1.54, 1.807) is 20.5 Å². The van der Waals surface area contributed by atoms with Crippen molar-refractivity contribution in [3.8, 4) is 5.75 Å². The standard InChI is InChI=1S/C22H28O3/c1-22-10-8-18-17-7-5-16(25-3)12-14(17)4-6-19(18)21(22)15(9-11-24-2)13-20(22)23/h5,7,9,11-12,15,18-19,21H,4,6,8,10,13H2,1-3H3/t15-,18+,19+,21-,22+/m0/s1. The molecule has 0 N–H and O–H groups in total. The normalized spacial score (nSPS) is 36.7. The molecule has 0 unspecified atom stereocenters. The van der Waals surface area contributed by atoms with Crippen molar-refractivity contribution < 1.29 is 14.3 Å². The van der Waals surface area contributed by atoms with Gasteiger partial charge in [-0.05, 0) is 78.7 Å². The van der Waals surface area contributed by atoms with Crippen molar-refractivity contribution in [3.05, 3.63) is 41.7 Å². The Balaban J connectivity index is 1.70. The summed E-state index contributed by atoms with van der Waals surface area (Å²) in [6.45, 7) is 2.22. The average molecular weight is 340 g/mol. The second kappa shape index (κ2) is 6.19. The van der Waals surface area contributed by atoms with Crippen LogP contribution in [0.2, 0.25) is 0 Å². The van der Waals surface area contributed by atoms with Crippen LogP contribution < -0.4 is 4.74 Å². The highest BCUT2D eigenvalue weighted by Crippen LogP contribution is 2.61. The first-order chi connectivity index (χ1) is 12.1. The Morgan fingerprint density at radius 1 is 1.24 bits per heavy atom. The zero-order valence-corrected chi connectivity index (χ0v) is 15.5. The number of methoxy groups -OCH3 is 2. The predicted molar refractivity (Wildman–Crippen MR) is 97.6 cm³/mol. The van der Waals surface area contributed by atoms with Gasteiger partial charge in [-0.3, -0.25) is 4.79 Å². The van der Waals surface area contributed by atoms with Gasteiger partial charge in [0.2, 0.25) is 0 Å². The third-order valence-corrected chi connectivity index (χ3v) is 7.17. The van der Waals surface area contributed by atoms with Gasteiger partial charge >= 0.3 is 0 Å². The molecule has 4 rings (SSSR count). The van der Waals surface area contributed by atoms with Crippen molar-refractivity contribution in [1.82, 2.24) is 0 Å². The fourth-order valence-corrected chi connectivity index (χ4v) is 5.99. The topological polar surface area (TPSA) is 35.5 Å². The van der Waals surface area contributed by atoms with E-state index in [-0.39, 0.29) is 5.41 Å².